The molecule has 0 amide bonds. The first-order valence-corrected chi connectivity index (χ1v) is 8.75. The minimum Gasteiger partial charge on any atom is -0.494 e. The molecule has 3 rings (SSSR count). The SMILES string of the molecule is CCOc1cccc(C2(O)CC3CCCC(C2)S3=O)c1. The lowest BCUT2D eigenvalue weighted by molar-refractivity contribution is 0.00634. The second-order valence-electron chi connectivity index (χ2n) is 5.90. The number of fused-ring (bicyclic) bond motifs is 2. The van der Waals surface area contributed by atoms with Gasteiger partial charge in [-0.1, -0.05) is 18.6 Å². The van der Waals surface area contributed by atoms with E-state index in [4.69, 9.17) is 4.74 Å². The Morgan fingerprint density at radius 3 is 2.70 bits per heavy atom. The van der Waals surface area contributed by atoms with Crippen molar-refractivity contribution in [3.63, 3.8) is 0 Å². The Hall–Kier alpha value is -0.870. The molecule has 0 aromatic heterocycles. The molecule has 0 spiro atoms. The number of ether oxygens (including phenoxy) is 1. The van der Waals surface area contributed by atoms with Crippen molar-refractivity contribution in [3.05, 3.63) is 29.8 Å². The van der Waals surface area contributed by atoms with E-state index >= 15 is 0 Å². The molecule has 2 aliphatic rings. The molecule has 0 radical (unpaired) electrons. The molecule has 1 aromatic carbocycles. The zero-order valence-electron chi connectivity index (χ0n) is 11.9. The molecule has 2 saturated heterocycles. The minimum atomic E-state index is -0.837. The van der Waals surface area contributed by atoms with Gasteiger partial charge in [0.05, 0.1) is 12.2 Å². The highest BCUT2D eigenvalue weighted by Gasteiger charge is 2.46. The van der Waals surface area contributed by atoms with Crippen LogP contribution in [0.25, 0.3) is 0 Å². The van der Waals surface area contributed by atoms with Crippen LogP contribution in [0.3, 0.4) is 0 Å². The van der Waals surface area contributed by atoms with Crippen molar-refractivity contribution in [1.82, 2.24) is 0 Å². The van der Waals surface area contributed by atoms with Crippen molar-refractivity contribution >= 4 is 10.8 Å². The zero-order chi connectivity index (χ0) is 14.2. The summed E-state index contributed by atoms with van der Waals surface area (Å²) in [6, 6.07) is 7.75. The molecule has 2 fully saturated rings. The lowest BCUT2D eigenvalue weighted by Gasteiger charge is -2.43. The van der Waals surface area contributed by atoms with E-state index in [9.17, 15) is 9.32 Å². The van der Waals surface area contributed by atoms with Crippen molar-refractivity contribution in [2.24, 2.45) is 0 Å². The van der Waals surface area contributed by atoms with Gasteiger partial charge in [0, 0.05) is 21.3 Å². The average molecular weight is 294 g/mol. The fourth-order valence-corrected chi connectivity index (χ4v) is 5.78. The zero-order valence-corrected chi connectivity index (χ0v) is 12.7. The van der Waals surface area contributed by atoms with E-state index in [0.717, 1.165) is 30.6 Å². The highest BCUT2D eigenvalue weighted by atomic mass is 32.2. The van der Waals surface area contributed by atoms with Crippen molar-refractivity contribution in [2.45, 2.75) is 55.1 Å². The fourth-order valence-electron chi connectivity index (χ4n) is 3.56. The van der Waals surface area contributed by atoms with E-state index < -0.39 is 16.4 Å². The molecular formula is C16H22O3S. The third-order valence-electron chi connectivity index (χ3n) is 4.52. The number of benzene rings is 1. The van der Waals surface area contributed by atoms with Crippen LogP contribution in [-0.2, 0) is 16.4 Å². The maximum absolute atomic E-state index is 12.3. The first-order valence-electron chi connectivity index (χ1n) is 7.47. The Morgan fingerprint density at radius 2 is 2.05 bits per heavy atom. The van der Waals surface area contributed by atoms with Crippen LogP contribution < -0.4 is 4.74 Å². The predicted octanol–water partition coefficient (Wildman–Crippen LogP) is 2.74. The predicted molar refractivity (Wildman–Crippen MR) is 80.3 cm³/mol. The number of hydrogen-bond acceptors (Lipinski definition) is 3. The highest BCUT2D eigenvalue weighted by molar-refractivity contribution is 7.86. The Labute approximate surface area is 122 Å². The molecule has 0 saturated carbocycles. The standard InChI is InChI=1S/C16H22O3S/c1-2-19-13-6-3-5-12(9-13)16(17)10-14-7-4-8-15(11-16)20(14)18/h3,5-6,9,14-15,17H,2,4,7-8,10-11H2,1H3. The number of rotatable bonds is 3. The molecular weight excluding hydrogens is 272 g/mol. The fraction of sp³-hybridized carbons (Fsp3) is 0.625. The second kappa shape index (κ2) is 5.49. The van der Waals surface area contributed by atoms with Gasteiger partial charge in [0.2, 0.25) is 0 Å². The minimum absolute atomic E-state index is 0.156. The van der Waals surface area contributed by atoms with Crippen molar-refractivity contribution in [2.75, 3.05) is 6.61 Å². The van der Waals surface area contributed by atoms with Gasteiger partial charge in [-0.25, -0.2) is 0 Å². The summed E-state index contributed by atoms with van der Waals surface area (Å²) in [6.07, 6.45) is 4.35. The average Bonchev–Trinajstić information content (AvgIpc) is 2.42. The van der Waals surface area contributed by atoms with Gasteiger partial charge in [-0.2, -0.15) is 0 Å². The Morgan fingerprint density at radius 1 is 1.35 bits per heavy atom. The summed E-state index contributed by atoms with van der Waals surface area (Å²) >= 11 is 0. The first kappa shape index (κ1) is 14.1. The van der Waals surface area contributed by atoms with Crippen LogP contribution in [0.1, 0.15) is 44.6 Å². The quantitative estimate of drug-likeness (QED) is 0.932. The van der Waals surface area contributed by atoms with Crippen LogP contribution >= 0.6 is 0 Å². The van der Waals surface area contributed by atoms with E-state index in [0.29, 0.717) is 19.4 Å². The summed E-state index contributed by atoms with van der Waals surface area (Å²) < 4.78 is 17.8. The van der Waals surface area contributed by atoms with Crippen LogP contribution in [-0.4, -0.2) is 26.4 Å². The largest absolute Gasteiger partial charge is 0.494 e. The topological polar surface area (TPSA) is 46.5 Å². The van der Waals surface area contributed by atoms with Gasteiger partial charge in [-0.05, 0) is 50.3 Å². The molecule has 4 heteroatoms. The molecule has 2 heterocycles. The van der Waals surface area contributed by atoms with Crippen LogP contribution in [0.5, 0.6) is 5.75 Å². The maximum Gasteiger partial charge on any atom is 0.119 e. The molecule has 1 N–H and O–H groups in total. The van der Waals surface area contributed by atoms with Gasteiger partial charge in [0.1, 0.15) is 5.75 Å². The smallest absolute Gasteiger partial charge is 0.119 e. The molecule has 2 atom stereocenters. The number of hydrogen-bond donors (Lipinski definition) is 1. The van der Waals surface area contributed by atoms with E-state index in [1.54, 1.807) is 0 Å². The molecule has 2 aliphatic heterocycles. The second-order valence-corrected chi connectivity index (χ2v) is 7.89. The van der Waals surface area contributed by atoms with Gasteiger partial charge in [0.15, 0.2) is 0 Å². The molecule has 1 aromatic rings. The number of aliphatic hydroxyl groups is 1. The molecule has 3 nitrogen and oxygen atoms in total. The van der Waals surface area contributed by atoms with Gasteiger partial charge >= 0.3 is 0 Å². The van der Waals surface area contributed by atoms with Crippen molar-refractivity contribution < 1.29 is 14.1 Å². The summed E-state index contributed by atoms with van der Waals surface area (Å²) in [6.45, 7) is 2.58. The van der Waals surface area contributed by atoms with Gasteiger partial charge < -0.3 is 9.84 Å². The first-order chi connectivity index (χ1) is 9.62. The molecule has 110 valence electrons. The summed E-state index contributed by atoms with van der Waals surface area (Å²) in [4.78, 5) is 0. The highest BCUT2D eigenvalue weighted by Crippen LogP contribution is 2.44. The van der Waals surface area contributed by atoms with Gasteiger partial charge in [-0.15, -0.1) is 0 Å². The van der Waals surface area contributed by atoms with Crippen LogP contribution in [0.15, 0.2) is 24.3 Å². The van der Waals surface area contributed by atoms with Gasteiger partial charge in [-0.3, -0.25) is 4.21 Å². The summed E-state index contributed by atoms with van der Waals surface area (Å²) in [5, 5.41) is 11.4. The van der Waals surface area contributed by atoms with Crippen molar-refractivity contribution in [3.8, 4) is 5.75 Å². The Kier molecular flexibility index (Phi) is 3.87. The third kappa shape index (κ3) is 2.51. The summed E-state index contributed by atoms with van der Waals surface area (Å²) in [5.41, 5.74) is 0.0774. The molecule has 0 aliphatic carbocycles. The monoisotopic (exact) mass is 294 g/mol. The maximum atomic E-state index is 12.3. The normalized spacial score (nSPS) is 36.6. The summed E-state index contributed by atoms with van der Waals surface area (Å²) in [5.74, 6) is 0.801. The van der Waals surface area contributed by atoms with Crippen LogP contribution in [0.4, 0.5) is 0 Å². The lowest BCUT2D eigenvalue weighted by Crippen LogP contribution is -2.47. The molecule has 20 heavy (non-hydrogen) atoms. The van der Waals surface area contributed by atoms with E-state index in [2.05, 4.69) is 0 Å². The van der Waals surface area contributed by atoms with Crippen LogP contribution in [0, 0.1) is 0 Å². The summed E-state index contributed by atoms with van der Waals surface area (Å²) in [7, 11) is -0.756. The van der Waals surface area contributed by atoms with Crippen molar-refractivity contribution in [1.29, 1.82) is 0 Å². The van der Waals surface area contributed by atoms with Gasteiger partial charge in [0.25, 0.3) is 0 Å². The Balaban J connectivity index is 1.88. The Bertz CT molecular complexity index is 498. The molecule has 2 bridgehead atoms. The van der Waals surface area contributed by atoms with E-state index in [1.807, 2.05) is 31.2 Å². The molecule has 2 unspecified atom stereocenters. The van der Waals surface area contributed by atoms with E-state index in [1.165, 1.54) is 0 Å². The lowest BCUT2D eigenvalue weighted by atomic mass is 9.80. The third-order valence-corrected chi connectivity index (χ3v) is 6.64. The van der Waals surface area contributed by atoms with E-state index in [-0.39, 0.29) is 10.5 Å². The van der Waals surface area contributed by atoms with Crippen LogP contribution in [0.2, 0.25) is 0 Å².